The van der Waals surface area contributed by atoms with Crippen molar-refractivity contribution >= 4 is 28.3 Å². The molecule has 174 valence electrons. The van der Waals surface area contributed by atoms with Gasteiger partial charge in [-0.25, -0.2) is 19.6 Å². The minimum atomic E-state index is -3.52. The molecule has 31 heavy (non-hydrogen) atoms. The van der Waals surface area contributed by atoms with Gasteiger partial charge in [0.25, 0.3) is 10.1 Å². The van der Waals surface area contributed by atoms with E-state index in [-0.39, 0.29) is 18.0 Å². The van der Waals surface area contributed by atoms with Crippen LogP contribution in [0.2, 0.25) is 0 Å². The topological polar surface area (TPSA) is 125 Å². The summed E-state index contributed by atoms with van der Waals surface area (Å²) in [7, 11) is -3.52. The van der Waals surface area contributed by atoms with Gasteiger partial charge in [-0.05, 0) is 72.3 Å². The molecule has 10 nitrogen and oxygen atoms in total. The number of hydrogen-bond donors (Lipinski definition) is 0. The third kappa shape index (κ3) is 8.06. The van der Waals surface area contributed by atoms with Crippen molar-refractivity contribution in [1.29, 1.82) is 0 Å². The molecular formula is C20H31N3O7S. The Morgan fingerprint density at radius 3 is 1.87 bits per heavy atom. The second kappa shape index (κ2) is 9.07. The van der Waals surface area contributed by atoms with E-state index in [9.17, 15) is 18.0 Å². The van der Waals surface area contributed by atoms with Crippen molar-refractivity contribution in [1.82, 2.24) is 9.97 Å². The molecule has 1 saturated carbocycles. The molecule has 0 saturated heterocycles. The van der Waals surface area contributed by atoms with Gasteiger partial charge in [0.15, 0.2) is 0 Å². The van der Waals surface area contributed by atoms with Gasteiger partial charge in [-0.1, -0.05) is 0 Å². The lowest BCUT2D eigenvalue weighted by Gasteiger charge is -2.27. The predicted molar refractivity (Wildman–Crippen MR) is 113 cm³/mol. The minimum absolute atomic E-state index is 0.0114. The number of rotatable bonds is 4. The Morgan fingerprint density at radius 1 is 0.968 bits per heavy atom. The lowest BCUT2D eigenvalue weighted by molar-refractivity contribution is 0.0427. The number of aromatic nitrogens is 2. The van der Waals surface area contributed by atoms with Gasteiger partial charge in [-0.15, -0.1) is 4.90 Å². The summed E-state index contributed by atoms with van der Waals surface area (Å²) in [6.07, 6.45) is 3.59. The van der Waals surface area contributed by atoms with Gasteiger partial charge in [0.2, 0.25) is 5.95 Å². The lowest BCUT2D eigenvalue weighted by atomic mass is 10.0. The van der Waals surface area contributed by atoms with Crippen LogP contribution in [0.1, 0.15) is 72.3 Å². The Morgan fingerprint density at radius 2 is 1.45 bits per heavy atom. The van der Waals surface area contributed by atoms with Crippen LogP contribution in [-0.2, 0) is 23.8 Å². The number of amides is 2. The first kappa shape index (κ1) is 25.0. The lowest BCUT2D eigenvalue weighted by Crippen LogP contribution is -2.44. The standard InChI is InChI=1S/C20H31N3O7S/c1-19(2,3)28-17(24)23(18(25)29-20(4,5)6)16-21-11-14(12-22-16)13-8-9-15(10-13)30-31(7,26)27/h11-13,15H,8-10H2,1-7H3. The first-order valence-corrected chi connectivity index (χ1v) is 11.8. The van der Waals surface area contributed by atoms with Gasteiger partial charge in [0.1, 0.15) is 11.2 Å². The summed E-state index contributed by atoms with van der Waals surface area (Å²) in [6.45, 7) is 10.1. The summed E-state index contributed by atoms with van der Waals surface area (Å²) in [5.41, 5.74) is -0.914. The molecule has 11 heteroatoms. The molecular weight excluding hydrogens is 426 g/mol. The monoisotopic (exact) mass is 457 g/mol. The average Bonchev–Trinajstić information content (AvgIpc) is 2.98. The van der Waals surface area contributed by atoms with Crippen molar-refractivity contribution in [3.8, 4) is 0 Å². The van der Waals surface area contributed by atoms with Gasteiger partial charge >= 0.3 is 12.2 Å². The number of carbonyl (C=O) groups is 2. The molecule has 2 rings (SSSR count). The Labute approximate surface area is 183 Å². The number of ether oxygens (including phenoxy) is 2. The van der Waals surface area contributed by atoms with Crippen LogP contribution >= 0.6 is 0 Å². The number of nitrogens with zero attached hydrogens (tertiary/aromatic N) is 3. The molecule has 0 spiro atoms. The fraction of sp³-hybridized carbons (Fsp3) is 0.700. The molecule has 0 N–H and O–H groups in total. The molecule has 1 heterocycles. The van der Waals surface area contributed by atoms with Crippen molar-refractivity contribution in [2.45, 2.75) is 84.0 Å². The highest BCUT2D eigenvalue weighted by molar-refractivity contribution is 7.86. The molecule has 0 radical (unpaired) electrons. The quantitative estimate of drug-likeness (QED) is 0.621. The van der Waals surface area contributed by atoms with E-state index in [1.165, 1.54) is 12.4 Å². The summed E-state index contributed by atoms with van der Waals surface area (Å²) >= 11 is 0. The van der Waals surface area contributed by atoms with Gasteiger partial charge in [0.05, 0.1) is 12.4 Å². The van der Waals surface area contributed by atoms with E-state index < -0.39 is 33.5 Å². The third-order valence-corrected chi connectivity index (χ3v) is 4.80. The maximum absolute atomic E-state index is 12.7. The predicted octanol–water partition coefficient (Wildman–Crippen LogP) is 3.77. The second-order valence-electron chi connectivity index (χ2n) is 9.54. The zero-order valence-electron chi connectivity index (χ0n) is 19.0. The number of imide groups is 1. The molecule has 1 fully saturated rings. The van der Waals surface area contributed by atoms with E-state index in [2.05, 4.69) is 9.97 Å². The number of hydrogen-bond acceptors (Lipinski definition) is 9. The molecule has 0 aromatic carbocycles. The van der Waals surface area contributed by atoms with Crippen molar-refractivity contribution in [2.75, 3.05) is 11.2 Å². The van der Waals surface area contributed by atoms with E-state index in [1.807, 2.05) is 0 Å². The largest absolute Gasteiger partial charge is 0.443 e. The van der Waals surface area contributed by atoms with Crippen LogP contribution in [0.5, 0.6) is 0 Å². The molecule has 0 bridgehead atoms. The third-order valence-electron chi connectivity index (χ3n) is 4.18. The Bertz CT molecular complexity index is 874. The van der Waals surface area contributed by atoms with E-state index >= 15 is 0 Å². The van der Waals surface area contributed by atoms with Crippen LogP contribution in [0.15, 0.2) is 12.4 Å². The van der Waals surface area contributed by atoms with E-state index in [4.69, 9.17) is 13.7 Å². The van der Waals surface area contributed by atoms with Gasteiger partial charge < -0.3 is 9.47 Å². The molecule has 2 unspecified atom stereocenters. The molecule has 1 aliphatic carbocycles. The van der Waals surface area contributed by atoms with Crippen molar-refractivity contribution in [3.63, 3.8) is 0 Å². The zero-order valence-corrected chi connectivity index (χ0v) is 19.9. The van der Waals surface area contributed by atoms with Gasteiger partial charge in [-0.2, -0.15) is 8.42 Å². The number of anilines is 1. The molecule has 1 aromatic heterocycles. The highest BCUT2D eigenvalue weighted by atomic mass is 32.2. The molecule has 2 atom stereocenters. The normalized spacial score (nSPS) is 19.7. The van der Waals surface area contributed by atoms with Gasteiger partial charge in [-0.3, -0.25) is 4.18 Å². The average molecular weight is 458 g/mol. The second-order valence-corrected chi connectivity index (χ2v) is 11.1. The van der Waals surface area contributed by atoms with Crippen molar-refractivity contribution in [2.24, 2.45) is 0 Å². The van der Waals surface area contributed by atoms with Crippen molar-refractivity contribution in [3.05, 3.63) is 18.0 Å². The van der Waals surface area contributed by atoms with Crippen molar-refractivity contribution < 1.29 is 31.7 Å². The maximum Gasteiger partial charge on any atom is 0.427 e. The number of carbonyl (C=O) groups excluding carboxylic acids is 2. The Balaban J connectivity index is 2.21. The highest BCUT2D eigenvalue weighted by Crippen LogP contribution is 2.36. The smallest absolute Gasteiger partial charge is 0.427 e. The van der Waals surface area contributed by atoms with Crippen LogP contribution in [-0.4, -0.2) is 54.1 Å². The summed E-state index contributed by atoms with van der Waals surface area (Å²) in [5, 5.41) is 0. The Kier molecular flexibility index (Phi) is 7.32. The SMILES string of the molecule is CC(C)(C)OC(=O)N(C(=O)OC(C)(C)C)c1ncc(C2CCC(OS(C)(=O)=O)C2)cn1. The van der Waals surface area contributed by atoms with Gasteiger partial charge in [0, 0.05) is 12.4 Å². The van der Waals surface area contributed by atoms with E-state index in [1.54, 1.807) is 41.5 Å². The molecule has 2 amide bonds. The highest BCUT2D eigenvalue weighted by Gasteiger charge is 2.35. The Hall–Kier alpha value is -2.27. The van der Waals surface area contributed by atoms with Crippen LogP contribution in [0.3, 0.4) is 0 Å². The molecule has 0 aliphatic heterocycles. The van der Waals surface area contributed by atoms with Crippen LogP contribution < -0.4 is 4.90 Å². The summed E-state index contributed by atoms with van der Waals surface area (Å²) in [4.78, 5) is 34.3. The summed E-state index contributed by atoms with van der Waals surface area (Å²) in [6, 6.07) is 0. The van der Waals surface area contributed by atoms with E-state index in [0.29, 0.717) is 24.2 Å². The zero-order chi connectivity index (χ0) is 23.6. The fourth-order valence-electron chi connectivity index (χ4n) is 3.09. The van der Waals surface area contributed by atoms with Crippen LogP contribution in [0, 0.1) is 0 Å². The van der Waals surface area contributed by atoms with E-state index in [0.717, 1.165) is 11.8 Å². The minimum Gasteiger partial charge on any atom is -0.443 e. The van der Waals surface area contributed by atoms with Crippen LogP contribution in [0.25, 0.3) is 0 Å². The fourth-order valence-corrected chi connectivity index (χ4v) is 3.76. The first-order chi connectivity index (χ1) is 14.0. The molecule has 1 aliphatic rings. The summed E-state index contributed by atoms with van der Waals surface area (Å²) in [5.74, 6) is -0.161. The summed E-state index contributed by atoms with van der Waals surface area (Å²) < 4.78 is 38.4. The molecule has 1 aromatic rings. The maximum atomic E-state index is 12.7. The first-order valence-electron chi connectivity index (χ1n) is 10.0. The van der Waals surface area contributed by atoms with Crippen LogP contribution in [0.4, 0.5) is 15.5 Å².